The third kappa shape index (κ3) is 4.89. The molecule has 2 aromatic heterocycles. The Morgan fingerprint density at radius 1 is 1.18 bits per heavy atom. The average molecular weight is 474 g/mol. The highest BCUT2D eigenvalue weighted by Crippen LogP contribution is 2.31. The van der Waals surface area contributed by atoms with Crippen molar-refractivity contribution in [3.8, 4) is 11.4 Å². The fourth-order valence-corrected chi connectivity index (χ4v) is 4.04. The molecule has 0 aliphatic carbocycles. The molecule has 1 amide bonds. The number of hydrogen-bond acceptors (Lipinski definition) is 6. The van der Waals surface area contributed by atoms with Gasteiger partial charge in [-0.15, -0.1) is 0 Å². The maximum absolute atomic E-state index is 13.2. The van der Waals surface area contributed by atoms with Crippen molar-refractivity contribution in [2.75, 3.05) is 32.5 Å². The van der Waals surface area contributed by atoms with Gasteiger partial charge in [0, 0.05) is 43.1 Å². The number of carbonyl (C=O) groups is 1. The number of alkyl halides is 3. The molecule has 1 aromatic carbocycles. The van der Waals surface area contributed by atoms with Crippen molar-refractivity contribution in [2.45, 2.75) is 32.1 Å². The van der Waals surface area contributed by atoms with Gasteiger partial charge in [-0.2, -0.15) is 13.2 Å². The Morgan fingerprint density at radius 3 is 2.53 bits per heavy atom. The summed E-state index contributed by atoms with van der Waals surface area (Å²) < 4.78 is 40.7. The van der Waals surface area contributed by atoms with Crippen LogP contribution in [-0.2, 0) is 12.7 Å². The number of nitrogens with zero attached hydrogens (tertiary/aromatic N) is 6. The number of likely N-dealkylation sites (N-methyl/N-ethyl adjacent to an activating group) is 1. The first kappa shape index (κ1) is 23.7. The predicted molar refractivity (Wildman–Crippen MR) is 122 cm³/mol. The Kier molecular flexibility index (Phi) is 6.56. The molecule has 1 aliphatic rings. The maximum Gasteiger partial charge on any atom is 0.449 e. The van der Waals surface area contributed by atoms with Crippen LogP contribution in [0, 0.1) is 0 Å². The molecule has 3 aromatic rings. The van der Waals surface area contributed by atoms with E-state index in [9.17, 15) is 18.0 Å². The van der Waals surface area contributed by atoms with Gasteiger partial charge in [-0.25, -0.2) is 15.0 Å². The Morgan fingerprint density at radius 2 is 1.91 bits per heavy atom. The second-order valence-electron chi connectivity index (χ2n) is 8.33. The first-order valence-corrected chi connectivity index (χ1v) is 11.0. The van der Waals surface area contributed by atoms with Gasteiger partial charge in [0.1, 0.15) is 0 Å². The topological polar surface area (TPSA) is 79.2 Å². The first-order valence-electron chi connectivity index (χ1n) is 11.0. The smallest absolute Gasteiger partial charge is 0.337 e. The monoisotopic (exact) mass is 473 g/mol. The summed E-state index contributed by atoms with van der Waals surface area (Å²) in [6.07, 6.45) is -0.965. The first-order chi connectivity index (χ1) is 16.2. The van der Waals surface area contributed by atoms with Crippen molar-refractivity contribution in [2.24, 2.45) is 0 Å². The number of rotatable bonds is 6. The van der Waals surface area contributed by atoms with Crippen LogP contribution >= 0.6 is 0 Å². The van der Waals surface area contributed by atoms with Crippen molar-refractivity contribution >= 4 is 17.5 Å². The molecule has 1 atom stereocenters. The van der Waals surface area contributed by atoms with Crippen LogP contribution in [0.15, 0.2) is 42.7 Å². The molecular weight excluding hydrogens is 447 g/mol. The van der Waals surface area contributed by atoms with Gasteiger partial charge in [0.25, 0.3) is 5.91 Å². The van der Waals surface area contributed by atoms with Crippen LogP contribution < -0.4 is 5.32 Å². The van der Waals surface area contributed by atoms with E-state index in [4.69, 9.17) is 0 Å². The Balaban J connectivity index is 1.48. The highest BCUT2D eigenvalue weighted by Gasteiger charge is 2.37. The number of benzene rings is 1. The third-order valence-electron chi connectivity index (χ3n) is 5.91. The van der Waals surface area contributed by atoms with Crippen molar-refractivity contribution in [1.29, 1.82) is 0 Å². The van der Waals surface area contributed by atoms with Crippen LogP contribution in [0.3, 0.4) is 0 Å². The van der Waals surface area contributed by atoms with Gasteiger partial charge in [0.2, 0.25) is 11.8 Å². The molecule has 3 heterocycles. The van der Waals surface area contributed by atoms with E-state index >= 15 is 0 Å². The second-order valence-corrected chi connectivity index (χ2v) is 8.33. The van der Waals surface area contributed by atoms with E-state index in [0.717, 1.165) is 23.7 Å². The molecule has 34 heavy (non-hydrogen) atoms. The Hall–Kier alpha value is -3.47. The maximum atomic E-state index is 13.2. The van der Waals surface area contributed by atoms with Gasteiger partial charge in [0.15, 0.2) is 0 Å². The summed E-state index contributed by atoms with van der Waals surface area (Å²) in [6, 6.07) is 8.87. The zero-order valence-corrected chi connectivity index (χ0v) is 19.2. The van der Waals surface area contributed by atoms with E-state index in [1.807, 2.05) is 19.0 Å². The number of likely N-dealkylation sites (tertiary alicyclic amines) is 1. The lowest BCUT2D eigenvalue weighted by atomic mass is 10.2. The van der Waals surface area contributed by atoms with E-state index in [-0.39, 0.29) is 24.1 Å². The van der Waals surface area contributed by atoms with Crippen molar-refractivity contribution in [3.05, 3.63) is 54.1 Å². The van der Waals surface area contributed by atoms with Crippen molar-refractivity contribution in [1.82, 2.24) is 29.3 Å². The highest BCUT2D eigenvalue weighted by molar-refractivity contribution is 5.94. The zero-order valence-electron chi connectivity index (χ0n) is 19.2. The minimum Gasteiger partial charge on any atom is -0.337 e. The summed E-state index contributed by atoms with van der Waals surface area (Å²) in [4.78, 5) is 28.8. The Bertz CT molecular complexity index is 1160. The molecule has 4 rings (SSSR count). The van der Waals surface area contributed by atoms with Crippen molar-refractivity contribution in [3.63, 3.8) is 0 Å². The lowest BCUT2D eigenvalue weighted by Crippen LogP contribution is -2.34. The molecule has 0 bridgehead atoms. The standard InChI is InChI=1S/C23H26F3N7O/c1-4-33-19(13-28-21(33)23(24,25)26)18-9-11-27-22(30-18)29-16-7-5-15(6-8-16)20(34)32-12-10-17(14-32)31(2)3/h5-9,11,13,17H,4,10,12,14H2,1-3H3,(H,27,29,30)/t17-/m1/s1. The average Bonchev–Trinajstić information content (AvgIpc) is 3.47. The van der Waals surface area contributed by atoms with Crippen molar-refractivity contribution < 1.29 is 18.0 Å². The van der Waals surface area contributed by atoms with Gasteiger partial charge < -0.3 is 19.7 Å². The number of amides is 1. The number of halogens is 3. The molecule has 180 valence electrons. The summed E-state index contributed by atoms with van der Waals surface area (Å²) in [7, 11) is 4.03. The molecule has 8 nitrogen and oxygen atoms in total. The van der Waals surface area contributed by atoms with Gasteiger partial charge in [0.05, 0.1) is 17.6 Å². The number of anilines is 2. The molecule has 11 heteroatoms. The fourth-order valence-electron chi connectivity index (χ4n) is 4.04. The van der Waals surface area contributed by atoms with E-state index < -0.39 is 12.0 Å². The van der Waals surface area contributed by atoms with E-state index in [2.05, 4.69) is 25.2 Å². The van der Waals surface area contributed by atoms with E-state index in [1.54, 1.807) is 31.2 Å². The number of hydrogen-bond donors (Lipinski definition) is 1. The summed E-state index contributed by atoms with van der Waals surface area (Å²) >= 11 is 0. The lowest BCUT2D eigenvalue weighted by molar-refractivity contribution is -0.147. The molecular formula is C23H26F3N7O. The third-order valence-corrected chi connectivity index (χ3v) is 5.91. The van der Waals surface area contributed by atoms with Crippen LogP contribution in [0.4, 0.5) is 24.8 Å². The zero-order chi connectivity index (χ0) is 24.5. The van der Waals surface area contributed by atoms with Crippen LogP contribution in [0.2, 0.25) is 0 Å². The molecule has 1 saturated heterocycles. The largest absolute Gasteiger partial charge is 0.449 e. The minimum atomic E-state index is -4.55. The molecule has 0 saturated carbocycles. The summed E-state index contributed by atoms with van der Waals surface area (Å²) in [6.45, 7) is 3.15. The van der Waals surface area contributed by atoms with Gasteiger partial charge in [-0.1, -0.05) is 0 Å². The van der Waals surface area contributed by atoms with Gasteiger partial charge in [-0.3, -0.25) is 4.79 Å². The predicted octanol–water partition coefficient (Wildman–Crippen LogP) is 3.90. The quantitative estimate of drug-likeness (QED) is 0.585. The lowest BCUT2D eigenvalue weighted by Gasteiger charge is -2.20. The number of carbonyl (C=O) groups excluding carboxylic acids is 1. The van der Waals surface area contributed by atoms with Gasteiger partial charge >= 0.3 is 6.18 Å². The second kappa shape index (κ2) is 9.41. The summed E-state index contributed by atoms with van der Waals surface area (Å²) in [5.74, 6) is -0.752. The molecule has 1 aliphatic heterocycles. The van der Waals surface area contributed by atoms with Gasteiger partial charge in [-0.05, 0) is 57.8 Å². The SMILES string of the molecule is CCn1c(-c2ccnc(Nc3ccc(C(=O)N4CC[C@@H](N(C)C)C4)cc3)n2)cnc1C(F)(F)F. The van der Waals surface area contributed by atoms with Crippen LogP contribution in [0.5, 0.6) is 0 Å². The normalized spacial score (nSPS) is 16.3. The van der Waals surface area contributed by atoms with Crippen LogP contribution in [0.1, 0.15) is 29.5 Å². The molecule has 1 fully saturated rings. The van der Waals surface area contributed by atoms with Crippen LogP contribution in [-0.4, -0.2) is 68.5 Å². The minimum absolute atomic E-state index is 0.0116. The fraction of sp³-hybridized carbons (Fsp3) is 0.391. The number of aromatic nitrogens is 4. The number of nitrogens with one attached hydrogen (secondary N) is 1. The molecule has 1 N–H and O–H groups in total. The summed E-state index contributed by atoms with van der Waals surface area (Å²) in [5, 5.41) is 3.04. The molecule has 0 spiro atoms. The highest BCUT2D eigenvalue weighted by atomic mass is 19.4. The van der Waals surface area contributed by atoms with E-state index in [1.165, 1.54) is 12.3 Å². The molecule has 0 unspecified atom stereocenters. The Labute approximate surface area is 195 Å². The number of imidazole rings is 1. The summed E-state index contributed by atoms with van der Waals surface area (Å²) in [5.41, 5.74) is 1.81. The van der Waals surface area contributed by atoms with E-state index in [0.29, 0.717) is 29.5 Å². The van der Waals surface area contributed by atoms with Crippen LogP contribution in [0.25, 0.3) is 11.4 Å². The molecule has 0 radical (unpaired) electrons.